The fourth-order valence-electron chi connectivity index (χ4n) is 2.03. The van der Waals surface area contributed by atoms with Crippen molar-refractivity contribution in [2.45, 2.75) is 31.9 Å². The van der Waals surface area contributed by atoms with Gasteiger partial charge in [-0.2, -0.15) is 0 Å². The largest absolute Gasteiger partial charge is 0.378 e. The highest BCUT2D eigenvalue weighted by molar-refractivity contribution is 5.91. The summed E-state index contributed by atoms with van der Waals surface area (Å²) in [6.45, 7) is 0.840. The van der Waals surface area contributed by atoms with Gasteiger partial charge in [-0.3, -0.25) is 4.79 Å². The van der Waals surface area contributed by atoms with Crippen LogP contribution < -0.4 is 11.1 Å². The molecule has 1 atom stereocenters. The summed E-state index contributed by atoms with van der Waals surface area (Å²) >= 11 is 0. The standard InChI is InChI=1S/C13H17FN2O2/c14-12-4-3-10(6-9(12)8-15)16-13(17)7-11-2-1-5-18-11/h3-4,6,11H,1-2,5,7-8,15H2,(H,16,17). The predicted octanol–water partition coefficient (Wildman–Crippen LogP) is 1.79. The van der Waals surface area contributed by atoms with Crippen molar-refractivity contribution in [1.82, 2.24) is 0 Å². The number of ether oxygens (including phenoxy) is 1. The summed E-state index contributed by atoms with van der Waals surface area (Å²) in [5.74, 6) is -0.467. The predicted molar refractivity (Wildman–Crippen MR) is 66.5 cm³/mol. The van der Waals surface area contributed by atoms with E-state index in [2.05, 4.69) is 5.32 Å². The van der Waals surface area contributed by atoms with Gasteiger partial charge < -0.3 is 15.8 Å². The molecule has 5 heteroatoms. The Hall–Kier alpha value is -1.46. The lowest BCUT2D eigenvalue weighted by atomic mass is 10.1. The molecule has 1 aliphatic rings. The SMILES string of the molecule is NCc1cc(NC(=O)CC2CCCO2)ccc1F. The van der Waals surface area contributed by atoms with Crippen molar-refractivity contribution in [3.8, 4) is 0 Å². The van der Waals surface area contributed by atoms with Crippen molar-refractivity contribution in [3.63, 3.8) is 0 Å². The van der Waals surface area contributed by atoms with Gasteiger partial charge in [0.2, 0.25) is 5.91 Å². The van der Waals surface area contributed by atoms with Crippen LogP contribution in [0.25, 0.3) is 0 Å². The Morgan fingerprint density at radius 2 is 2.39 bits per heavy atom. The molecule has 1 unspecified atom stereocenters. The fourth-order valence-corrected chi connectivity index (χ4v) is 2.03. The van der Waals surface area contributed by atoms with Crippen LogP contribution in [0.3, 0.4) is 0 Å². The fraction of sp³-hybridized carbons (Fsp3) is 0.462. The van der Waals surface area contributed by atoms with Crippen LogP contribution in [-0.4, -0.2) is 18.6 Å². The molecular formula is C13H17FN2O2. The Kier molecular flexibility index (Phi) is 4.28. The minimum atomic E-state index is -0.352. The lowest BCUT2D eigenvalue weighted by Gasteiger charge is -2.10. The molecule has 18 heavy (non-hydrogen) atoms. The highest BCUT2D eigenvalue weighted by Crippen LogP contribution is 2.18. The number of carbonyl (C=O) groups is 1. The smallest absolute Gasteiger partial charge is 0.226 e. The summed E-state index contributed by atoms with van der Waals surface area (Å²) in [6.07, 6.45) is 2.28. The summed E-state index contributed by atoms with van der Waals surface area (Å²) in [4.78, 5) is 11.7. The maximum atomic E-state index is 13.2. The monoisotopic (exact) mass is 252 g/mol. The van der Waals surface area contributed by atoms with Crippen molar-refractivity contribution < 1.29 is 13.9 Å². The first-order valence-corrected chi connectivity index (χ1v) is 6.09. The highest BCUT2D eigenvalue weighted by Gasteiger charge is 2.19. The third kappa shape index (κ3) is 3.27. The Balaban J connectivity index is 1.93. The molecule has 1 aromatic carbocycles. The van der Waals surface area contributed by atoms with Gasteiger partial charge in [-0.1, -0.05) is 0 Å². The van der Waals surface area contributed by atoms with E-state index in [0.717, 1.165) is 19.4 Å². The van der Waals surface area contributed by atoms with Gasteiger partial charge in [0.15, 0.2) is 0 Å². The average Bonchev–Trinajstić information content (AvgIpc) is 2.84. The van der Waals surface area contributed by atoms with Gasteiger partial charge in [0, 0.05) is 24.4 Å². The Labute approximate surface area is 105 Å². The van der Waals surface area contributed by atoms with Crippen LogP contribution in [0.1, 0.15) is 24.8 Å². The van der Waals surface area contributed by atoms with Crippen molar-refractivity contribution in [1.29, 1.82) is 0 Å². The molecule has 1 amide bonds. The Bertz CT molecular complexity index is 431. The number of nitrogens with two attached hydrogens (primary N) is 1. The van der Waals surface area contributed by atoms with Crippen LogP contribution in [0, 0.1) is 5.82 Å². The third-order valence-corrected chi connectivity index (χ3v) is 2.99. The molecule has 1 fully saturated rings. The van der Waals surface area contributed by atoms with Gasteiger partial charge in [0.1, 0.15) is 5.82 Å². The van der Waals surface area contributed by atoms with Gasteiger partial charge in [-0.05, 0) is 31.0 Å². The van der Waals surface area contributed by atoms with Crippen molar-refractivity contribution in [2.24, 2.45) is 5.73 Å². The topological polar surface area (TPSA) is 64.3 Å². The van der Waals surface area contributed by atoms with Crippen molar-refractivity contribution in [2.75, 3.05) is 11.9 Å². The summed E-state index contributed by atoms with van der Waals surface area (Å²) in [6, 6.07) is 4.40. The van der Waals surface area contributed by atoms with E-state index in [0.29, 0.717) is 17.7 Å². The number of hydrogen-bond donors (Lipinski definition) is 2. The summed E-state index contributed by atoms with van der Waals surface area (Å²) in [7, 11) is 0. The molecular weight excluding hydrogens is 235 g/mol. The number of rotatable bonds is 4. The first kappa shape index (κ1) is 13.0. The number of anilines is 1. The van der Waals surface area contributed by atoms with E-state index in [-0.39, 0.29) is 24.4 Å². The third-order valence-electron chi connectivity index (χ3n) is 2.99. The molecule has 0 saturated carbocycles. The second kappa shape index (κ2) is 5.93. The molecule has 3 N–H and O–H groups in total. The highest BCUT2D eigenvalue weighted by atomic mass is 19.1. The van der Waals surface area contributed by atoms with Crippen LogP contribution in [0.2, 0.25) is 0 Å². The van der Waals surface area contributed by atoms with Gasteiger partial charge in [-0.25, -0.2) is 4.39 Å². The van der Waals surface area contributed by atoms with E-state index in [1.807, 2.05) is 0 Å². The van der Waals surface area contributed by atoms with Crippen LogP contribution >= 0.6 is 0 Å². The Morgan fingerprint density at radius 1 is 1.56 bits per heavy atom. The molecule has 1 aliphatic heterocycles. The number of hydrogen-bond acceptors (Lipinski definition) is 3. The summed E-state index contributed by atoms with van der Waals surface area (Å²) < 4.78 is 18.6. The zero-order chi connectivity index (χ0) is 13.0. The average molecular weight is 252 g/mol. The van der Waals surface area contributed by atoms with Crippen LogP contribution in [0.15, 0.2) is 18.2 Å². The van der Waals surface area contributed by atoms with Gasteiger partial charge >= 0.3 is 0 Å². The van der Waals surface area contributed by atoms with E-state index in [4.69, 9.17) is 10.5 Å². The first-order chi connectivity index (χ1) is 8.69. The lowest BCUT2D eigenvalue weighted by molar-refractivity contribution is -0.118. The number of halogens is 1. The molecule has 0 bridgehead atoms. The lowest BCUT2D eigenvalue weighted by Crippen LogP contribution is -2.19. The van der Waals surface area contributed by atoms with E-state index in [1.54, 1.807) is 6.07 Å². The minimum Gasteiger partial charge on any atom is -0.378 e. The van der Waals surface area contributed by atoms with Crippen LogP contribution in [0.5, 0.6) is 0 Å². The molecule has 1 aromatic rings. The van der Waals surface area contributed by atoms with E-state index in [9.17, 15) is 9.18 Å². The summed E-state index contributed by atoms with van der Waals surface area (Å²) in [5, 5.41) is 2.73. The van der Waals surface area contributed by atoms with Gasteiger partial charge in [0.25, 0.3) is 0 Å². The molecule has 1 heterocycles. The van der Waals surface area contributed by atoms with E-state index >= 15 is 0 Å². The molecule has 0 aliphatic carbocycles. The number of amides is 1. The number of carbonyl (C=O) groups excluding carboxylic acids is 1. The van der Waals surface area contributed by atoms with Crippen LogP contribution in [0.4, 0.5) is 10.1 Å². The van der Waals surface area contributed by atoms with Gasteiger partial charge in [0.05, 0.1) is 12.5 Å². The second-order valence-corrected chi connectivity index (χ2v) is 4.40. The maximum absolute atomic E-state index is 13.2. The molecule has 4 nitrogen and oxygen atoms in total. The molecule has 0 spiro atoms. The number of nitrogens with one attached hydrogen (secondary N) is 1. The molecule has 2 rings (SSSR count). The summed E-state index contributed by atoms with van der Waals surface area (Å²) in [5.41, 5.74) is 6.37. The molecule has 0 radical (unpaired) electrons. The zero-order valence-corrected chi connectivity index (χ0v) is 10.1. The quantitative estimate of drug-likeness (QED) is 0.858. The molecule has 1 saturated heterocycles. The minimum absolute atomic E-state index is 0.0134. The van der Waals surface area contributed by atoms with Crippen molar-refractivity contribution >= 4 is 11.6 Å². The Morgan fingerprint density at radius 3 is 3.06 bits per heavy atom. The van der Waals surface area contributed by atoms with E-state index in [1.165, 1.54) is 12.1 Å². The first-order valence-electron chi connectivity index (χ1n) is 6.09. The van der Waals surface area contributed by atoms with E-state index < -0.39 is 0 Å². The van der Waals surface area contributed by atoms with Crippen molar-refractivity contribution in [3.05, 3.63) is 29.6 Å². The number of benzene rings is 1. The molecule has 0 aromatic heterocycles. The normalized spacial score (nSPS) is 18.9. The molecule has 98 valence electrons. The van der Waals surface area contributed by atoms with Gasteiger partial charge in [-0.15, -0.1) is 0 Å². The maximum Gasteiger partial charge on any atom is 0.226 e. The zero-order valence-electron chi connectivity index (χ0n) is 10.1. The van der Waals surface area contributed by atoms with Crippen LogP contribution in [-0.2, 0) is 16.1 Å². The second-order valence-electron chi connectivity index (χ2n) is 4.40.